The molecule has 1 atom stereocenters. The standard InChI is InChI=1S/C13H20N2O4/c1-18-6-7-19-9-13(17)15-8-12(16)10-2-4-11(14)5-3-10/h2-5,12,16H,6-9,14H2,1H3,(H,15,17). The molecule has 1 unspecified atom stereocenters. The first-order valence-corrected chi connectivity index (χ1v) is 6.00. The molecule has 0 saturated heterocycles. The van der Waals surface area contributed by atoms with Crippen molar-refractivity contribution in [3.63, 3.8) is 0 Å². The number of nitrogens with one attached hydrogen (secondary N) is 1. The highest BCUT2D eigenvalue weighted by Crippen LogP contribution is 2.13. The number of ether oxygens (including phenoxy) is 2. The van der Waals surface area contributed by atoms with Crippen LogP contribution in [-0.2, 0) is 14.3 Å². The van der Waals surface area contributed by atoms with E-state index < -0.39 is 6.10 Å². The summed E-state index contributed by atoms with van der Waals surface area (Å²) in [4.78, 5) is 11.4. The number of carbonyl (C=O) groups excluding carboxylic acids is 1. The van der Waals surface area contributed by atoms with Crippen LogP contribution < -0.4 is 11.1 Å². The van der Waals surface area contributed by atoms with Crippen LogP contribution in [0.5, 0.6) is 0 Å². The lowest BCUT2D eigenvalue weighted by Gasteiger charge is -2.12. The quantitative estimate of drug-likeness (QED) is 0.458. The van der Waals surface area contributed by atoms with E-state index in [0.717, 1.165) is 0 Å². The molecule has 19 heavy (non-hydrogen) atoms. The van der Waals surface area contributed by atoms with Crippen molar-refractivity contribution in [2.24, 2.45) is 0 Å². The third-order valence-corrected chi connectivity index (χ3v) is 2.48. The van der Waals surface area contributed by atoms with Gasteiger partial charge in [-0.2, -0.15) is 0 Å². The zero-order valence-electron chi connectivity index (χ0n) is 11.0. The molecule has 0 saturated carbocycles. The SMILES string of the molecule is COCCOCC(=O)NCC(O)c1ccc(N)cc1. The van der Waals surface area contributed by atoms with Gasteiger partial charge in [-0.3, -0.25) is 4.79 Å². The van der Waals surface area contributed by atoms with Gasteiger partial charge >= 0.3 is 0 Å². The normalized spacial score (nSPS) is 12.1. The van der Waals surface area contributed by atoms with E-state index in [1.807, 2.05) is 0 Å². The Kier molecular flexibility index (Phi) is 6.88. The van der Waals surface area contributed by atoms with Gasteiger partial charge in [0.2, 0.25) is 5.91 Å². The first-order valence-electron chi connectivity index (χ1n) is 6.00. The molecule has 6 nitrogen and oxygen atoms in total. The van der Waals surface area contributed by atoms with Gasteiger partial charge < -0.3 is 25.6 Å². The fraction of sp³-hybridized carbons (Fsp3) is 0.462. The van der Waals surface area contributed by atoms with Crippen LogP contribution in [0.1, 0.15) is 11.7 Å². The van der Waals surface area contributed by atoms with Crippen molar-refractivity contribution in [3.8, 4) is 0 Å². The van der Waals surface area contributed by atoms with Crippen LogP contribution in [0.3, 0.4) is 0 Å². The number of aliphatic hydroxyl groups excluding tert-OH is 1. The average molecular weight is 268 g/mol. The van der Waals surface area contributed by atoms with E-state index in [1.54, 1.807) is 31.4 Å². The number of nitrogen functional groups attached to an aromatic ring is 1. The Labute approximate surface area is 112 Å². The molecule has 0 aliphatic carbocycles. The van der Waals surface area contributed by atoms with Gasteiger partial charge in [0, 0.05) is 19.3 Å². The van der Waals surface area contributed by atoms with Gasteiger partial charge in [0.05, 0.1) is 19.3 Å². The van der Waals surface area contributed by atoms with Crippen molar-refractivity contribution in [1.82, 2.24) is 5.32 Å². The predicted molar refractivity (Wildman–Crippen MR) is 71.5 cm³/mol. The highest BCUT2D eigenvalue weighted by atomic mass is 16.5. The van der Waals surface area contributed by atoms with E-state index in [0.29, 0.717) is 24.5 Å². The fourth-order valence-corrected chi connectivity index (χ4v) is 1.40. The zero-order valence-corrected chi connectivity index (χ0v) is 11.0. The Morgan fingerprint density at radius 2 is 2.05 bits per heavy atom. The third kappa shape index (κ3) is 6.19. The topological polar surface area (TPSA) is 93.8 Å². The molecular formula is C13H20N2O4. The number of hydrogen-bond donors (Lipinski definition) is 3. The first kappa shape index (κ1) is 15.4. The van der Waals surface area contributed by atoms with E-state index in [9.17, 15) is 9.90 Å². The summed E-state index contributed by atoms with van der Waals surface area (Å²) in [6, 6.07) is 6.85. The van der Waals surface area contributed by atoms with Gasteiger partial charge in [-0.15, -0.1) is 0 Å². The van der Waals surface area contributed by atoms with Gasteiger partial charge in [0.1, 0.15) is 6.61 Å². The summed E-state index contributed by atoms with van der Waals surface area (Å²) in [6.07, 6.45) is -0.761. The van der Waals surface area contributed by atoms with Crippen LogP contribution in [-0.4, -0.2) is 44.5 Å². The molecule has 0 spiro atoms. The van der Waals surface area contributed by atoms with Crippen molar-refractivity contribution in [1.29, 1.82) is 0 Å². The molecule has 0 heterocycles. The molecule has 6 heteroatoms. The number of hydrogen-bond acceptors (Lipinski definition) is 5. The summed E-state index contributed by atoms with van der Waals surface area (Å²) in [7, 11) is 1.56. The molecule has 1 amide bonds. The van der Waals surface area contributed by atoms with Crippen molar-refractivity contribution in [2.45, 2.75) is 6.10 Å². The van der Waals surface area contributed by atoms with Gasteiger partial charge in [-0.05, 0) is 17.7 Å². The van der Waals surface area contributed by atoms with Gasteiger partial charge in [0.15, 0.2) is 0 Å². The number of anilines is 1. The van der Waals surface area contributed by atoms with Crippen LogP contribution in [0.15, 0.2) is 24.3 Å². The second-order valence-corrected chi connectivity index (χ2v) is 4.03. The Morgan fingerprint density at radius 1 is 1.37 bits per heavy atom. The molecule has 1 aromatic carbocycles. The Morgan fingerprint density at radius 3 is 2.68 bits per heavy atom. The predicted octanol–water partition coefficient (Wildman–Crippen LogP) is 0.0814. The molecule has 0 fully saturated rings. The maximum atomic E-state index is 11.4. The Balaban J connectivity index is 2.24. The minimum absolute atomic E-state index is 0.0438. The summed E-state index contributed by atoms with van der Waals surface area (Å²) in [5.74, 6) is -0.273. The lowest BCUT2D eigenvalue weighted by Crippen LogP contribution is -2.31. The summed E-state index contributed by atoms with van der Waals surface area (Å²) in [5.41, 5.74) is 6.88. The van der Waals surface area contributed by atoms with Crippen LogP contribution in [0.4, 0.5) is 5.69 Å². The summed E-state index contributed by atoms with van der Waals surface area (Å²) < 4.78 is 9.84. The van der Waals surface area contributed by atoms with Crippen molar-refractivity contribution < 1.29 is 19.4 Å². The van der Waals surface area contributed by atoms with Crippen molar-refractivity contribution in [3.05, 3.63) is 29.8 Å². The molecule has 1 aromatic rings. The molecule has 0 aliphatic rings. The largest absolute Gasteiger partial charge is 0.399 e. The molecule has 0 aromatic heterocycles. The number of nitrogens with two attached hydrogens (primary N) is 1. The highest BCUT2D eigenvalue weighted by molar-refractivity contribution is 5.77. The molecule has 0 radical (unpaired) electrons. The van der Waals surface area contributed by atoms with Crippen LogP contribution in [0, 0.1) is 0 Å². The lowest BCUT2D eigenvalue weighted by atomic mass is 10.1. The number of carbonyl (C=O) groups is 1. The van der Waals surface area contributed by atoms with Gasteiger partial charge in [0.25, 0.3) is 0 Å². The second kappa shape index (κ2) is 8.47. The zero-order chi connectivity index (χ0) is 14.1. The Bertz CT molecular complexity index is 381. The monoisotopic (exact) mass is 268 g/mol. The van der Waals surface area contributed by atoms with Crippen LogP contribution >= 0.6 is 0 Å². The molecule has 1 rings (SSSR count). The van der Waals surface area contributed by atoms with Crippen molar-refractivity contribution >= 4 is 11.6 Å². The molecular weight excluding hydrogens is 248 g/mol. The first-order chi connectivity index (χ1) is 9.13. The lowest BCUT2D eigenvalue weighted by molar-refractivity contribution is -0.126. The third-order valence-electron chi connectivity index (χ3n) is 2.48. The van der Waals surface area contributed by atoms with Gasteiger partial charge in [-0.25, -0.2) is 0 Å². The summed E-state index contributed by atoms with van der Waals surface area (Å²) in [6.45, 7) is 0.903. The molecule has 106 valence electrons. The number of rotatable bonds is 8. The summed E-state index contributed by atoms with van der Waals surface area (Å²) in [5, 5.41) is 12.4. The van der Waals surface area contributed by atoms with Crippen molar-refractivity contribution in [2.75, 3.05) is 39.2 Å². The molecule has 0 bridgehead atoms. The van der Waals surface area contributed by atoms with Crippen LogP contribution in [0.25, 0.3) is 0 Å². The highest BCUT2D eigenvalue weighted by Gasteiger charge is 2.09. The number of amides is 1. The van der Waals surface area contributed by atoms with E-state index in [2.05, 4.69) is 5.32 Å². The minimum atomic E-state index is -0.761. The van der Waals surface area contributed by atoms with Gasteiger partial charge in [-0.1, -0.05) is 12.1 Å². The minimum Gasteiger partial charge on any atom is -0.399 e. The second-order valence-electron chi connectivity index (χ2n) is 4.03. The van der Waals surface area contributed by atoms with E-state index >= 15 is 0 Å². The van der Waals surface area contributed by atoms with Crippen LogP contribution in [0.2, 0.25) is 0 Å². The summed E-state index contributed by atoms with van der Waals surface area (Å²) >= 11 is 0. The Hall–Kier alpha value is -1.63. The van der Waals surface area contributed by atoms with E-state index in [4.69, 9.17) is 15.2 Å². The maximum absolute atomic E-state index is 11.4. The number of aliphatic hydroxyl groups is 1. The molecule has 4 N–H and O–H groups in total. The smallest absolute Gasteiger partial charge is 0.246 e. The maximum Gasteiger partial charge on any atom is 0.246 e. The fourth-order valence-electron chi connectivity index (χ4n) is 1.40. The van der Waals surface area contributed by atoms with E-state index in [1.165, 1.54) is 0 Å². The average Bonchev–Trinajstić information content (AvgIpc) is 2.42. The number of benzene rings is 1. The molecule has 0 aliphatic heterocycles. The van der Waals surface area contributed by atoms with E-state index in [-0.39, 0.29) is 19.1 Å². The number of methoxy groups -OCH3 is 1.